The molecule has 116 valence electrons. The van der Waals surface area contributed by atoms with Crippen LogP contribution in [0.1, 0.15) is 29.9 Å². The molecule has 3 heterocycles. The van der Waals surface area contributed by atoms with Gasteiger partial charge in [-0.1, -0.05) is 12.1 Å². The number of nitrogens with one attached hydrogen (secondary N) is 2. The highest BCUT2D eigenvalue weighted by Crippen LogP contribution is 2.41. The van der Waals surface area contributed by atoms with Crippen molar-refractivity contribution >= 4 is 10.9 Å². The SMILES string of the molecule is c1cc2c3c(cn(N4CCNCC4)c3c1)C[C@H]1NCCC[C@H]21. The summed E-state index contributed by atoms with van der Waals surface area (Å²) in [5, 5.41) is 11.3. The minimum atomic E-state index is 0.644. The number of piperidine rings is 1. The molecule has 0 saturated carbocycles. The van der Waals surface area contributed by atoms with E-state index in [9.17, 15) is 0 Å². The molecule has 0 unspecified atom stereocenters. The van der Waals surface area contributed by atoms with E-state index >= 15 is 0 Å². The van der Waals surface area contributed by atoms with Gasteiger partial charge >= 0.3 is 0 Å². The van der Waals surface area contributed by atoms with E-state index in [-0.39, 0.29) is 0 Å². The molecule has 1 aromatic carbocycles. The fraction of sp³-hybridized carbons (Fsp3) is 0.556. The number of nitrogens with zero attached hydrogens (tertiary/aromatic N) is 2. The van der Waals surface area contributed by atoms with Crippen LogP contribution in [-0.4, -0.2) is 43.4 Å². The lowest BCUT2D eigenvalue weighted by molar-refractivity contribution is 0.345. The predicted molar refractivity (Wildman–Crippen MR) is 90.2 cm³/mol. The van der Waals surface area contributed by atoms with Gasteiger partial charge in [0.15, 0.2) is 0 Å². The van der Waals surface area contributed by atoms with Gasteiger partial charge in [-0.25, -0.2) is 0 Å². The molecule has 22 heavy (non-hydrogen) atoms. The summed E-state index contributed by atoms with van der Waals surface area (Å²) in [5.74, 6) is 0.712. The first kappa shape index (κ1) is 13.0. The van der Waals surface area contributed by atoms with Crippen LogP contribution in [0.3, 0.4) is 0 Å². The van der Waals surface area contributed by atoms with Crippen molar-refractivity contribution in [2.75, 3.05) is 37.7 Å². The normalized spacial score (nSPS) is 27.9. The highest BCUT2D eigenvalue weighted by atomic mass is 15.6. The molecule has 0 bridgehead atoms. The lowest BCUT2D eigenvalue weighted by atomic mass is 9.76. The van der Waals surface area contributed by atoms with E-state index in [2.05, 4.69) is 44.7 Å². The minimum absolute atomic E-state index is 0.644. The van der Waals surface area contributed by atoms with Gasteiger partial charge in [0.1, 0.15) is 0 Å². The Labute approximate surface area is 131 Å². The van der Waals surface area contributed by atoms with Crippen molar-refractivity contribution in [3.05, 3.63) is 35.5 Å². The topological polar surface area (TPSA) is 32.2 Å². The first-order valence-corrected chi connectivity index (χ1v) is 8.74. The standard InChI is InChI=1S/C18H24N4/c1-3-15-14-4-2-6-20-16(14)11-13-12-22(17(5-1)18(13)15)21-9-7-19-8-10-21/h1,3,5,12,14,16,19-20H,2,4,6-11H2/t14-,16-/m1/s1. The van der Waals surface area contributed by atoms with Crippen molar-refractivity contribution < 1.29 is 0 Å². The molecule has 2 atom stereocenters. The number of fused-ring (bicyclic) bond motifs is 2. The second-order valence-corrected chi connectivity index (χ2v) is 6.96. The number of benzene rings is 1. The van der Waals surface area contributed by atoms with Gasteiger partial charge in [-0.2, -0.15) is 0 Å². The van der Waals surface area contributed by atoms with Crippen LogP contribution in [0.15, 0.2) is 24.4 Å². The molecule has 1 aromatic heterocycles. The number of aromatic nitrogens is 1. The van der Waals surface area contributed by atoms with Crippen molar-refractivity contribution in [2.24, 2.45) is 0 Å². The van der Waals surface area contributed by atoms with Crippen LogP contribution in [0.25, 0.3) is 10.9 Å². The van der Waals surface area contributed by atoms with Crippen molar-refractivity contribution in [3.8, 4) is 0 Å². The molecule has 2 fully saturated rings. The summed E-state index contributed by atoms with van der Waals surface area (Å²) in [6, 6.07) is 7.58. The van der Waals surface area contributed by atoms with E-state index in [0.29, 0.717) is 12.0 Å². The molecule has 2 N–H and O–H groups in total. The fourth-order valence-electron chi connectivity index (χ4n) is 4.72. The van der Waals surface area contributed by atoms with Crippen LogP contribution in [0.5, 0.6) is 0 Å². The molecular formula is C18H24N4. The summed E-state index contributed by atoms with van der Waals surface area (Å²) in [5.41, 5.74) is 4.54. The van der Waals surface area contributed by atoms with Crippen LogP contribution in [0.2, 0.25) is 0 Å². The van der Waals surface area contributed by atoms with E-state index in [4.69, 9.17) is 0 Å². The average molecular weight is 296 g/mol. The predicted octanol–water partition coefficient (Wildman–Crippen LogP) is 1.57. The van der Waals surface area contributed by atoms with Gasteiger partial charge in [-0.15, -0.1) is 0 Å². The summed E-state index contributed by atoms with van der Waals surface area (Å²) in [6.07, 6.45) is 6.25. The summed E-state index contributed by atoms with van der Waals surface area (Å²) in [7, 11) is 0. The Morgan fingerprint density at radius 2 is 2.00 bits per heavy atom. The second-order valence-electron chi connectivity index (χ2n) is 6.96. The first-order chi connectivity index (χ1) is 10.9. The molecular weight excluding hydrogens is 272 g/mol. The zero-order chi connectivity index (χ0) is 14.5. The Morgan fingerprint density at radius 1 is 1.09 bits per heavy atom. The number of hydrogen-bond acceptors (Lipinski definition) is 3. The summed E-state index contributed by atoms with van der Waals surface area (Å²) in [6.45, 7) is 5.55. The highest BCUT2D eigenvalue weighted by Gasteiger charge is 2.33. The summed E-state index contributed by atoms with van der Waals surface area (Å²) >= 11 is 0. The minimum Gasteiger partial charge on any atom is -0.313 e. The maximum atomic E-state index is 3.76. The molecule has 2 saturated heterocycles. The van der Waals surface area contributed by atoms with Crippen LogP contribution in [-0.2, 0) is 6.42 Å². The third kappa shape index (κ3) is 1.83. The molecule has 2 aromatic rings. The Morgan fingerprint density at radius 3 is 2.91 bits per heavy atom. The number of hydrogen-bond donors (Lipinski definition) is 2. The average Bonchev–Trinajstić information content (AvgIpc) is 2.96. The lowest BCUT2D eigenvalue weighted by Crippen LogP contribution is -2.48. The van der Waals surface area contributed by atoms with Gasteiger partial charge < -0.3 is 15.6 Å². The Bertz CT molecular complexity index is 698. The largest absolute Gasteiger partial charge is 0.313 e. The zero-order valence-electron chi connectivity index (χ0n) is 13.0. The fourth-order valence-corrected chi connectivity index (χ4v) is 4.72. The van der Waals surface area contributed by atoms with Crippen molar-refractivity contribution in [3.63, 3.8) is 0 Å². The van der Waals surface area contributed by atoms with Gasteiger partial charge in [0, 0.05) is 49.7 Å². The smallest absolute Gasteiger partial charge is 0.0700 e. The van der Waals surface area contributed by atoms with Crippen LogP contribution < -0.4 is 15.6 Å². The van der Waals surface area contributed by atoms with Crippen molar-refractivity contribution in [1.29, 1.82) is 0 Å². The molecule has 4 nitrogen and oxygen atoms in total. The van der Waals surface area contributed by atoms with Crippen molar-refractivity contribution in [2.45, 2.75) is 31.2 Å². The molecule has 2 aliphatic heterocycles. The maximum Gasteiger partial charge on any atom is 0.0700 e. The lowest BCUT2D eigenvalue weighted by Gasteiger charge is -2.36. The van der Waals surface area contributed by atoms with E-state index in [1.54, 1.807) is 16.5 Å². The van der Waals surface area contributed by atoms with Gasteiger partial charge in [0.05, 0.1) is 5.52 Å². The Kier molecular flexibility index (Phi) is 2.95. The molecule has 5 rings (SSSR count). The number of piperazine rings is 1. The van der Waals surface area contributed by atoms with Crippen LogP contribution in [0.4, 0.5) is 0 Å². The third-order valence-electron chi connectivity index (χ3n) is 5.74. The Hall–Kier alpha value is -1.52. The van der Waals surface area contributed by atoms with Gasteiger partial charge in [0.25, 0.3) is 0 Å². The van der Waals surface area contributed by atoms with Crippen LogP contribution in [0, 0.1) is 0 Å². The van der Waals surface area contributed by atoms with Crippen LogP contribution >= 0.6 is 0 Å². The maximum absolute atomic E-state index is 3.76. The monoisotopic (exact) mass is 296 g/mol. The molecule has 0 radical (unpaired) electrons. The summed E-state index contributed by atoms with van der Waals surface area (Å²) < 4.78 is 2.44. The highest BCUT2D eigenvalue weighted by molar-refractivity contribution is 5.89. The molecule has 3 aliphatic rings. The molecule has 1 aliphatic carbocycles. The van der Waals surface area contributed by atoms with Crippen molar-refractivity contribution in [1.82, 2.24) is 15.3 Å². The first-order valence-electron chi connectivity index (χ1n) is 8.74. The second kappa shape index (κ2) is 5.00. The molecule has 0 spiro atoms. The van der Waals surface area contributed by atoms with E-state index in [1.165, 1.54) is 31.3 Å². The Balaban J connectivity index is 1.66. The molecule has 4 heteroatoms. The van der Waals surface area contributed by atoms with Gasteiger partial charge in [-0.05, 0) is 43.0 Å². The van der Waals surface area contributed by atoms with E-state index in [1.807, 2.05) is 0 Å². The quantitative estimate of drug-likeness (QED) is 0.838. The van der Waals surface area contributed by atoms with Gasteiger partial charge in [0.2, 0.25) is 0 Å². The van der Waals surface area contributed by atoms with Gasteiger partial charge in [-0.3, -0.25) is 4.68 Å². The number of rotatable bonds is 1. The third-order valence-corrected chi connectivity index (χ3v) is 5.74. The zero-order valence-corrected chi connectivity index (χ0v) is 13.0. The van der Waals surface area contributed by atoms with E-state index in [0.717, 1.165) is 26.2 Å². The summed E-state index contributed by atoms with van der Waals surface area (Å²) in [4.78, 5) is 0. The van der Waals surface area contributed by atoms with E-state index < -0.39 is 0 Å². The molecule has 0 amide bonds.